The van der Waals surface area contributed by atoms with Crippen LogP contribution in [0.4, 0.5) is 0 Å². The van der Waals surface area contributed by atoms with Crippen molar-refractivity contribution in [2.45, 2.75) is 46.6 Å². The lowest BCUT2D eigenvalue weighted by Gasteiger charge is -2.35. The minimum atomic E-state index is -0.910. The van der Waals surface area contributed by atoms with E-state index in [0.717, 1.165) is 5.69 Å². The number of aliphatic carboxylic acids is 1. The SMILES string of the molecule is Cc1nn(C)c(C)c1C(=O)N(CCC(=O)O)C(C)(C)C. The summed E-state index contributed by atoms with van der Waals surface area (Å²) in [6.45, 7) is 9.50. The number of carbonyl (C=O) groups is 2. The van der Waals surface area contributed by atoms with E-state index in [1.165, 1.54) is 0 Å². The van der Waals surface area contributed by atoms with Gasteiger partial charge in [-0.25, -0.2) is 0 Å². The van der Waals surface area contributed by atoms with Gasteiger partial charge in [0.05, 0.1) is 17.7 Å². The van der Waals surface area contributed by atoms with Gasteiger partial charge in [0.2, 0.25) is 0 Å². The van der Waals surface area contributed by atoms with Gasteiger partial charge in [0.25, 0.3) is 5.91 Å². The third-order valence-electron chi connectivity index (χ3n) is 3.33. The summed E-state index contributed by atoms with van der Waals surface area (Å²) in [7, 11) is 1.79. The van der Waals surface area contributed by atoms with Gasteiger partial charge in [0, 0.05) is 24.8 Å². The molecule has 0 aromatic carbocycles. The van der Waals surface area contributed by atoms with Gasteiger partial charge in [-0.1, -0.05) is 0 Å². The number of carbonyl (C=O) groups excluding carboxylic acids is 1. The van der Waals surface area contributed by atoms with Crippen LogP contribution < -0.4 is 0 Å². The molecule has 0 aliphatic heterocycles. The summed E-state index contributed by atoms with van der Waals surface area (Å²) in [6.07, 6.45) is -0.0681. The standard InChI is InChI=1S/C14H23N3O3/c1-9-12(10(2)16(6)15-9)13(20)17(14(3,4)5)8-7-11(18)19/h7-8H2,1-6H3,(H,18,19). The smallest absolute Gasteiger partial charge is 0.305 e. The molecule has 0 unspecified atom stereocenters. The van der Waals surface area contributed by atoms with Crippen molar-refractivity contribution in [3.63, 3.8) is 0 Å². The second-order valence-electron chi connectivity index (χ2n) is 5.94. The molecule has 1 amide bonds. The molecule has 0 atom stereocenters. The zero-order chi connectivity index (χ0) is 15.7. The molecule has 6 heteroatoms. The number of carboxylic acids is 1. The Morgan fingerprint density at radius 1 is 1.30 bits per heavy atom. The van der Waals surface area contributed by atoms with Crippen LogP contribution in [-0.2, 0) is 11.8 Å². The Balaban J connectivity index is 3.14. The molecule has 0 radical (unpaired) electrons. The van der Waals surface area contributed by atoms with Crippen LogP contribution in [0.3, 0.4) is 0 Å². The number of hydrogen-bond donors (Lipinski definition) is 1. The maximum atomic E-state index is 12.7. The van der Waals surface area contributed by atoms with Crippen LogP contribution in [0.15, 0.2) is 0 Å². The van der Waals surface area contributed by atoms with Crippen LogP contribution in [0.2, 0.25) is 0 Å². The summed E-state index contributed by atoms with van der Waals surface area (Å²) in [4.78, 5) is 25.1. The van der Waals surface area contributed by atoms with Gasteiger partial charge in [-0.3, -0.25) is 14.3 Å². The largest absolute Gasteiger partial charge is 0.481 e. The predicted molar refractivity (Wildman–Crippen MR) is 75.7 cm³/mol. The van der Waals surface area contributed by atoms with Crippen molar-refractivity contribution in [3.8, 4) is 0 Å². The van der Waals surface area contributed by atoms with Crippen molar-refractivity contribution in [1.82, 2.24) is 14.7 Å². The molecule has 0 saturated carbocycles. The first kappa shape index (κ1) is 16.2. The summed E-state index contributed by atoms with van der Waals surface area (Å²) in [5.41, 5.74) is 1.57. The van der Waals surface area contributed by atoms with Crippen molar-refractivity contribution >= 4 is 11.9 Å². The summed E-state index contributed by atoms with van der Waals surface area (Å²) in [6, 6.07) is 0. The van der Waals surface area contributed by atoms with Crippen molar-refractivity contribution < 1.29 is 14.7 Å². The van der Waals surface area contributed by atoms with E-state index in [1.54, 1.807) is 23.6 Å². The fourth-order valence-corrected chi connectivity index (χ4v) is 2.17. The molecule has 0 spiro atoms. The lowest BCUT2D eigenvalue weighted by molar-refractivity contribution is -0.137. The zero-order valence-corrected chi connectivity index (χ0v) is 13.0. The van der Waals surface area contributed by atoms with Crippen molar-refractivity contribution in [3.05, 3.63) is 17.0 Å². The van der Waals surface area contributed by atoms with E-state index in [9.17, 15) is 9.59 Å². The number of amides is 1. The highest BCUT2D eigenvalue weighted by Gasteiger charge is 2.30. The minimum Gasteiger partial charge on any atom is -0.481 e. The molecular formula is C14H23N3O3. The molecule has 1 heterocycles. The fraction of sp³-hybridized carbons (Fsp3) is 0.643. The molecule has 0 fully saturated rings. The van der Waals surface area contributed by atoms with Gasteiger partial charge in [-0.15, -0.1) is 0 Å². The second-order valence-corrected chi connectivity index (χ2v) is 5.94. The lowest BCUT2D eigenvalue weighted by atomic mass is 10.0. The Labute approximate surface area is 119 Å². The van der Waals surface area contributed by atoms with E-state index in [4.69, 9.17) is 5.11 Å². The highest BCUT2D eigenvalue weighted by atomic mass is 16.4. The second kappa shape index (κ2) is 5.64. The molecule has 0 saturated heterocycles. The third-order valence-corrected chi connectivity index (χ3v) is 3.33. The number of carboxylic acid groups (broad SMARTS) is 1. The van der Waals surface area contributed by atoms with Crippen molar-refractivity contribution in [2.75, 3.05) is 6.54 Å². The predicted octanol–water partition coefficient (Wildman–Crippen LogP) is 1.75. The Hall–Kier alpha value is -1.85. The van der Waals surface area contributed by atoms with Gasteiger partial charge < -0.3 is 10.0 Å². The molecule has 0 aliphatic rings. The number of nitrogens with zero attached hydrogens (tertiary/aromatic N) is 3. The molecule has 1 N–H and O–H groups in total. The average molecular weight is 281 g/mol. The minimum absolute atomic E-state index is 0.0681. The topological polar surface area (TPSA) is 75.4 Å². The summed E-state index contributed by atoms with van der Waals surface area (Å²) >= 11 is 0. The first-order chi connectivity index (χ1) is 9.05. The molecule has 112 valence electrons. The van der Waals surface area contributed by atoms with Gasteiger partial charge in [0.1, 0.15) is 0 Å². The van der Waals surface area contributed by atoms with E-state index in [-0.39, 0.29) is 18.9 Å². The molecule has 6 nitrogen and oxygen atoms in total. The Bertz CT molecular complexity index is 527. The Morgan fingerprint density at radius 2 is 1.85 bits per heavy atom. The fourth-order valence-electron chi connectivity index (χ4n) is 2.17. The van der Waals surface area contributed by atoms with Crippen LogP contribution in [0.25, 0.3) is 0 Å². The average Bonchev–Trinajstić information content (AvgIpc) is 2.50. The quantitative estimate of drug-likeness (QED) is 0.912. The summed E-state index contributed by atoms with van der Waals surface area (Å²) in [5.74, 6) is -1.08. The van der Waals surface area contributed by atoms with E-state index >= 15 is 0 Å². The van der Waals surface area contributed by atoms with E-state index in [2.05, 4.69) is 5.10 Å². The van der Waals surface area contributed by atoms with Crippen molar-refractivity contribution in [2.24, 2.45) is 7.05 Å². The summed E-state index contributed by atoms with van der Waals surface area (Å²) < 4.78 is 1.67. The first-order valence-electron chi connectivity index (χ1n) is 6.59. The summed E-state index contributed by atoms with van der Waals surface area (Å²) in [5, 5.41) is 13.1. The van der Waals surface area contributed by atoms with Crippen molar-refractivity contribution in [1.29, 1.82) is 0 Å². The number of hydrogen-bond acceptors (Lipinski definition) is 3. The molecule has 1 aromatic rings. The number of aromatic nitrogens is 2. The van der Waals surface area contributed by atoms with Gasteiger partial charge in [-0.2, -0.15) is 5.10 Å². The van der Waals surface area contributed by atoms with E-state index < -0.39 is 11.5 Å². The molecule has 1 rings (SSSR count). The molecule has 20 heavy (non-hydrogen) atoms. The van der Waals surface area contributed by atoms with E-state index in [0.29, 0.717) is 11.3 Å². The molecule has 1 aromatic heterocycles. The Morgan fingerprint density at radius 3 is 2.20 bits per heavy atom. The number of rotatable bonds is 4. The monoisotopic (exact) mass is 281 g/mol. The van der Waals surface area contributed by atoms with Crippen LogP contribution in [0.5, 0.6) is 0 Å². The molecule has 0 bridgehead atoms. The first-order valence-corrected chi connectivity index (χ1v) is 6.59. The Kier molecular flexibility index (Phi) is 4.57. The normalized spacial score (nSPS) is 11.5. The van der Waals surface area contributed by atoms with Gasteiger partial charge >= 0.3 is 5.97 Å². The maximum absolute atomic E-state index is 12.7. The lowest BCUT2D eigenvalue weighted by Crippen LogP contribution is -2.47. The zero-order valence-electron chi connectivity index (χ0n) is 13.0. The van der Waals surface area contributed by atoms with Gasteiger partial charge in [0.15, 0.2) is 0 Å². The highest BCUT2D eigenvalue weighted by molar-refractivity contribution is 5.97. The van der Waals surface area contributed by atoms with Crippen LogP contribution in [0.1, 0.15) is 48.9 Å². The highest BCUT2D eigenvalue weighted by Crippen LogP contribution is 2.21. The van der Waals surface area contributed by atoms with Crippen LogP contribution in [-0.4, -0.2) is 43.7 Å². The molecular weight excluding hydrogens is 258 g/mol. The van der Waals surface area contributed by atoms with E-state index in [1.807, 2.05) is 27.7 Å². The molecule has 0 aliphatic carbocycles. The third kappa shape index (κ3) is 3.37. The van der Waals surface area contributed by atoms with Crippen LogP contribution in [0, 0.1) is 13.8 Å². The number of aryl methyl sites for hydroxylation is 2. The maximum Gasteiger partial charge on any atom is 0.305 e. The van der Waals surface area contributed by atoms with Gasteiger partial charge in [-0.05, 0) is 34.6 Å². The van der Waals surface area contributed by atoms with Crippen LogP contribution >= 0.6 is 0 Å².